The van der Waals surface area contributed by atoms with Crippen molar-refractivity contribution in [3.63, 3.8) is 0 Å². The van der Waals surface area contributed by atoms with E-state index in [0.29, 0.717) is 11.7 Å². The van der Waals surface area contributed by atoms with Gasteiger partial charge in [0, 0.05) is 12.8 Å². The molecule has 1 fully saturated rings. The second-order valence-corrected chi connectivity index (χ2v) is 4.65. The highest BCUT2D eigenvalue weighted by Crippen LogP contribution is 2.16. The molecule has 2 heteroatoms. The van der Waals surface area contributed by atoms with Gasteiger partial charge in [-0.25, -0.2) is 0 Å². The molecule has 0 amide bonds. The highest BCUT2D eigenvalue weighted by molar-refractivity contribution is 5.78. The van der Waals surface area contributed by atoms with Crippen molar-refractivity contribution in [2.24, 2.45) is 11.8 Å². The first-order valence-corrected chi connectivity index (χ1v) is 5.94. The van der Waals surface area contributed by atoms with E-state index >= 15 is 0 Å². The van der Waals surface area contributed by atoms with E-state index in [2.05, 4.69) is 19.2 Å². The summed E-state index contributed by atoms with van der Waals surface area (Å²) in [4.78, 5) is 11.5. The average Bonchev–Trinajstić information content (AvgIpc) is 2.67. The van der Waals surface area contributed by atoms with Gasteiger partial charge < -0.3 is 5.32 Å². The first-order valence-electron chi connectivity index (χ1n) is 5.94. The smallest absolute Gasteiger partial charge is 0.133 e. The standard InChI is InChI=1S/C12H23NO/c1-3-10(2)8-12(14)5-4-11-6-7-13-9-11/h10-11,13H,3-9H2,1-2H3. The van der Waals surface area contributed by atoms with E-state index in [9.17, 15) is 4.79 Å². The van der Waals surface area contributed by atoms with Crippen LogP contribution in [-0.4, -0.2) is 18.9 Å². The SMILES string of the molecule is CCC(C)CC(=O)CCC1CCNC1. The summed E-state index contributed by atoms with van der Waals surface area (Å²) < 4.78 is 0. The summed E-state index contributed by atoms with van der Waals surface area (Å²) in [5.41, 5.74) is 0. The number of hydrogen-bond donors (Lipinski definition) is 1. The predicted octanol–water partition coefficient (Wildman–Crippen LogP) is 2.38. The summed E-state index contributed by atoms with van der Waals surface area (Å²) in [7, 11) is 0. The molecule has 1 rings (SSSR count). The van der Waals surface area contributed by atoms with Gasteiger partial charge in [-0.05, 0) is 37.8 Å². The molecule has 1 aliphatic heterocycles. The molecule has 1 N–H and O–H groups in total. The highest BCUT2D eigenvalue weighted by Gasteiger charge is 2.16. The van der Waals surface area contributed by atoms with Crippen LogP contribution in [0.1, 0.15) is 46.0 Å². The average molecular weight is 197 g/mol. The monoisotopic (exact) mass is 197 g/mol. The maximum absolute atomic E-state index is 11.5. The number of carbonyl (C=O) groups is 1. The predicted molar refractivity (Wildman–Crippen MR) is 59.3 cm³/mol. The maximum Gasteiger partial charge on any atom is 0.133 e. The third-order valence-electron chi connectivity index (χ3n) is 3.27. The summed E-state index contributed by atoms with van der Waals surface area (Å²) in [6, 6.07) is 0. The lowest BCUT2D eigenvalue weighted by molar-refractivity contribution is -0.120. The molecule has 14 heavy (non-hydrogen) atoms. The van der Waals surface area contributed by atoms with Crippen LogP contribution >= 0.6 is 0 Å². The third kappa shape index (κ3) is 4.23. The Labute approximate surface area is 87.5 Å². The molecule has 1 aliphatic rings. The van der Waals surface area contributed by atoms with Gasteiger partial charge in [-0.1, -0.05) is 20.3 Å². The number of nitrogens with one attached hydrogen (secondary N) is 1. The number of hydrogen-bond acceptors (Lipinski definition) is 2. The summed E-state index contributed by atoms with van der Waals surface area (Å²) in [5.74, 6) is 1.80. The summed E-state index contributed by atoms with van der Waals surface area (Å²) in [5, 5.41) is 3.34. The van der Waals surface area contributed by atoms with E-state index in [0.717, 1.165) is 44.7 Å². The van der Waals surface area contributed by atoms with E-state index in [1.54, 1.807) is 0 Å². The van der Waals surface area contributed by atoms with Crippen molar-refractivity contribution < 1.29 is 4.79 Å². The molecular formula is C12H23NO. The summed E-state index contributed by atoms with van der Waals surface area (Å²) >= 11 is 0. The molecule has 0 aromatic carbocycles. The van der Waals surface area contributed by atoms with Gasteiger partial charge in [0.05, 0.1) is 0 Å². The molecule has 82 valence electrons. The molecule has 2 nitrogen and oxygen atoms in total. The Hall–Kier alpha value is -0.370. The molecular weight excluding hydrogens is 174 g/mol. The number of Topliss-reactive ketones (excluding diaryl/α,β-unsaturated/α-hetero) is 1. The Morgan fingerprint density at radius 3 is 2.93 bits per heavy atom. The van der Waals surface area contributed by atoms with E-state index < -0.39 is 0 Å². The van der Waals surface area contributed by atoms with E-state index in [-0.39, 0.29) is 0 Å². The third-order valence-corrected chi connectivity index (χ3v) is 3.27. The zero-order valence-electron chi connectivity index (χ0n) is 9.51. The van der Waals surface area contributed by atoms with Gasteiger partial charge in [-0.3, -0.25) is 4.79 Å². The molecule has 0 bridgehead atoms. The minimum atomic E-state index is 0.464. The molecule has 1 saturated heterocycles. The van der Waals surface area contributed by atoms with Crippen molar-refractivity contribution >= 4 is 5.78 Å². The van der Waals surface area contributed by atoms with Crippen molar-refractivity contribution in [2.45, 2.75) is 46.0 Å². The zero-order valence-corrected chi connectivity index (χ0v) is 9.51. The van der Waals surface area contributed by atoms with Gasteiger partial charge >= 0.3 is 0 Å². The van der Waals surface area contributed by atoms with Crippen LogP contribution in [-0.2, 0) is 4.79 Å². The molecule has 0 radical (unpaired) electrons. The van der Waals surface area contributed by atoms with Crippen molar-refractivity contribution in [1.29, 1.82) is 0 Å². The van der Waals surface area contributed by atoms with E-state index in [4.69, 9.17) is 0 Å². The molecule has 0 aromatic rings. The molecule has 1 heterocycles. The fraction of sp³-hybridized carbons (Fsp3) is 0.917. The fourth-order valence-electron chi connectivity index (χ4n) is 1.96. The number of carbonyl (C=O) groups excluding carboxylic acids is 1. The molecule has 2 atom stereocenters. The number of rotatable bonds is 6. The normalized spacial score (nSPS) is 23.7. The lowest BCUT2D eigenvalue weighted by Crippen LogP contribution is -2.11. The summed E-state index contributed by atoms with van der Waals surface area (Å²) in [6.45, 7) is 6.58. The van der Waals surface area contributed by atoms with Gasteiger partial charge in [-0.15, -0.1) is 0 Å². The van der Waals surface area contributed by atoms with Crippen LogP contribution < -0.4 is 5.32 Å². The van der Waals surface area contributed by atoms with Gasteiger partial charge in [-0.2, -0.15) is 0 Å². The molecule has 0 aromatic heterocycles. The maximum atomic E-state index is 11.5. The van der Waals surface area contributed by atoms with Crippen LogP contribution in [0.5, 0.6) is 0 Å². The van der Waals surface area contributed by atoms with Crippen LogP contribution in [0.2, 0.25) is 0 Å². The van der Waals surface area contributed by atoms with Crippen LogP contribution in [0.25, 0.3) is 0 Å². The zero-order chi connectivity index (χ0) is 10.4. The lowest BCUT2D eigenvalue weighted by Gasteiger charge is -2.09. The van der Waals surface area contributed by atoms with Crippen molar-refractivity contribution in [1.82, 2.24) is 5.32 Å². The Morgan fingerprint density at radius 1 is 1.57 bits per heavy atom. The van der Waals surface area contributed by atoms with Gasteiger partial charge in [0.2, 0.25) is 0 Å². The number of ketones is 1. The van der Waals surface area contributed by atoms with Gasteiger partial charge in [0.15, 0.2) is 0 Å². The van der Waals surface area contributed by atoms with E-state index in [1.807, 2.05) is 0 Å². The summed E-state index contributed by atoms with van der Waals surface area (Å²) in [6.07, 6.45) is 5.07. The largest absolute Gasteiger partial charge is 0.316 e. The van der Waals surface area contributed by atoms with Crippen molar-refractivity contribution in [3.8, 4) is 0 Å². The van der Waals surface area contributed by atoms with Crippen LogP contribution in [0.15, 0.2) is 0 Å². The second-order valence-electron chi connectivity index (χ2n) is 4.65. The van der Waals surface area contributed by atoms with Crippen LogP contribution in [0.3, 0.4) is 0 Å². The molecule has 0 saturated carbocycles. The Balaban J connectivity index is 2.08. The Kier molecular flexibility index (Phi) is 5.16. The first kappa shape index (κ1) is 11.7. The fourth-order valence-corrected chi connectivity index (χ4v) is 1.96. The van der Waals surface area contributed by atoms with Crippen molar-refractivity contribution in [2.75, 3.05) is 13.1 Å². The van der Waals surface area contributed by atoms with Crippen LogP contribution in [0.4, 0.5) is 0 Å². The first-order chi connectivity index (χ1) is 6.72. The van der Waals surface area contributed by atoms with Crippen LogP contribution in [0, 0.1) is 11.8 Å². The Morgan fingerprint density at radius 2 is 2.36 bits per heavy atom. The molecule has 2 unspecified atom stereocenters. The Bertz CT molecular complexity index is 173. The topological polar surface area (TPSA) is 29.1 Å². The molecule has 0 spiro atoms. The minimum Gasteiger partial charge on any atom is -0.316 e. The quantitative estimate of drug-likeness (QED) is 0.708. The second kappa shape index (κ2) is 6.18. The van der Waals surface area contributed by atoms with Gasteiger partial charge in [0.1, 0.15) is 5.78 Å². The lowest BCUT2D eigenvalue weighted by atomic mass is 9.95. The highest BCUT2D eigenvalue weighted by atomic mass is 16.1. The van der Waals surface area contributed by atoms with Gasteiger partial charge in [0.25, 0.3) is 0 Å². The van der Waals surface area contributed by atoms with E-state index in [1.165, 1.54) is 6.42 Å². The molecule has 0 aliphatic carbocycles. The minimum absolute atomic E-state index is 0.464. The van der Waals surface area contributed by atoms with Crippen molar-refractivity contribution in [3.05, 3.63) is 0 Å².